The van der Waals surface area contributed by atoms with Crippen LogP contribution in [0, 0.1) is 23.7 Å². The van der Waals surface area contributed by atoms with Gasteiger partial charge in [0.25, 0.3) is 0 Å². The summed E-state index contributed by atoms with van der Waals surface area (Å²) in [6.45, 7) is 9.63. The molecule has 0 amide bonds. The molecular weight excluding hydrogens is 857 g/mol. The summed E-state index contributed by atoms with van der Waals surface area (Å²) in [7, 11) is 0. The van der Waals surface area contributed by atoms with Gasteiger partial charge in [0.15, 0.2) is 0 Å². The van der Waals surface area contributed by atoms with Crippen LogP contribution in [0.5, 0.6) is 0 Å². The van der Waals surface area contributed by atoms with E-state index < -0.39 is 0 Å². The predicted molar refractivity (Wildman–Crippen MR) is 288 cm³/mol. The molecule has 1 N–H and O–H groups in total. The van der Waals surface area contributed by atoms with Crippen LogP contribution in [0.15, 0.2) is 188 Å². The van der Waals surface area contributed by atoms with Crippen molar-refractivity contribution >= 4 is 78.3 Å². The summed E-state index contributed by atoms with van der Waals surface area (Å²) in [6.07, 6.45) is 6.32. The molecule has 13 rings (SSSR count). The molecule has 5 aliphatic rings. The molecule has 2 aliphatic heterocycles. The van der Waals surface area contributed by atoms with E-state index in [1.807, 2.05) is 0 Å². The van der Waals surface area contributed by atoms with Gasteiger partial charge < -0.3 is 14.9 Å². The van der Waals surface area contributed by atoms with Gasteiger partial charge in [0.1, 0.15) is 11.4 Å². The molecule has 0 aromatic heterocycles. The molecular formula is C64H59N4O2+. The number of hydrogen-bond acceptors (Lipinski definition) is 5. The van der Waals surface area contributed by atoms with Crippen molar-refractivity contribution in [1.82, 2.24) is 4.58 Å². The highest BCUT2D eigenvalue weighted by molar-refractivity contribution is 6.53. The third kappa shape index (κ3) is 6.17. The van der Waals surface area contributed by atoms with Gasteiger partial charge in [-0.1, -0.05) is 131 Å². The largest absolute Gasteiger partial charge is 0.506 e. The van der Waals surface area contributed by atoms with Gasteiger partial charge in [-0.15, -0.1) is 0 Å². The van der Waals surface area contributed by atoms with Crippen LogP contribution < -0.4 is 29.9 Å². The number of Topliss-reactive ketones (excluding diaryl/α,β-unsaturated/α-hetero) is 1. The van der Waals surface area contributed by atoms with E-state index in [1.165, 1.54) is 12.8 Å². The zero-order chi connectivity index (χ0) is 47.5. The molecule has 0 radical (unpaired) electrons. The molecule has 4 unspecified atom stereocenters. The maximum atomic E-state index is 15.2. The van der Waals surface area contributed by atoms with E-state index in [2.05, 4.69) is 229 Å². The van der Waals surface area contributed by atoms with E-state index >= 15 is 4.79 Å². The topological polar surface area (TPSA) is 50.0 Å². The minimum atomic E-state index is -0.384. The number of carbonyl (C=O) groups is 1. The first kappa shape index (κ1) is 42.6. The first-order valence-electron chi connectivity index (χ1n) is 25.6. The van der Waals surface area contributed by atoms with E-state index in [1.54, 1.807) is 0 Å². The Morgan fingerprint density at radius 1 is 0.471 bits per heavy atom. The minimum Gasteiger partial charge on any atom is -0.506 e. The Kier molecular flexibility index (Phi) is 9.79. The van der Waals surface area contributed by atoms with Gasteiger partial charge >= 0.3 is 0 Å². The van der Waals surface area contributed by atoms with Crippen molar-refractivity contribution in [3.8, 4) is 0 Å². The number of carbonyl (C=O) groups excluding carboxylic acids is 1. The third-order valence-electron chi connectivity index (χ3n) is 16.5. The molecule has 4 atom stereocenters. The van der Waals surface area contributed by atoms with Crippen molar-refractivity contribution in [2.24, 2.45) is 23.7 Å². The Morgan fingerprint density at radius 3 is 1.51 bits per heavy atom. The van der Waals surface area contributed by atoms with Gasteiger partial charge in [0.05, 0.1) is 33.6 Å². The maximum Gasteiger partial charge on any atom is 0.249 e. The van der Waals surface area contributed by atoms with Crippen LogP contribution in [0.2, 0.25) is 0 Å². The number of allylic oxidation sites excluding steroid dienone is 2. The first-order valence-corrected chi connectivity index (χ1v) is 25.6. The lowest BCUT2D eigenvalue weighted by atomic mass is 9.72. The normalized spacial score (nSPS) is 25.9. The second kappa shape index (κ2) is 16.1. The number of para-hydroxylation sites is 4. The molecule has 6 heteroatoms. The van der Waals surface area contributed by atoms with Crippen molar-refractivity contribution in [2.45, 2.75) is 77.5 Å². The van der Waals surface area contributed by atoms with Crippen LogP contribution in [-0.4, -0.2) is 22.2 Å². The van der Waals surface area contributed by atoms with Crippen LogP contribution in [0.1, 0.15) is 71.8 Å². The minimum absolute atomic E-state index is 0.0514. The van der Waals surface area contributed by atoms with Gasteiger partial charge in [-0.2, -0.15) is 4.58 Å². The molecule has 2 heterocycles. The third-order valence-corrected chi connectivity index (χ3v) is 16.5. The SMILES string of the molecule is CC1CC(C)CC2(C1)N(c1ccccc1)c1cccc3c(C4=C(O)/C(=c5/ccc6c7c(cccc57)N(c5ccccc5)C5(CC(C)CC(C)C5)[N+]=6c5ccccc5)C4=O)ccc(c13)N2c1ccccc1. The Bertz CT molecular complexity index is 3500. The summed E-state index contributed by atoms with van der Waals surface area (Å²) in [5.41, 5.74) is 8.67. The summed E-state index contributed by atoms with van der Waals surface area (Å²) in [5, 5.41) is 18.5. The lowest BCUT2D eigenvalue weighted by Gasteiger charge is -2.59. The molecule has 8 aromatic rings. The Balaban J connectivity index is 1.05. The van der Waals surface area contributed by atoms with Crippen molar-refractivity contribution in [2.75, 3.05) is 14.7 Å². The highest BCUT2D eigenvalue weighted by atomic mass is 16.3. The van der Waals surface area contributed by atoms with Gasteiger partial charge in [-0.25, -0.2) is 0 Å². The van der Waals surface area contributed by atoms with Gasteiger partial charge in [0.2, 0.25) is 22.5 Å². The number of rotatable bonds is 5. The number of nitrogens with zero attached hydrogens (tertiary/aromatic N) is 4. The smallest absolute Gasteiger partial charge is 0.249 e. The average molecular weight is 916 g/mol. The fourth-order valence-corrected chi connectivity index (χ4v) is 14.6. The second-order valence-electron chi connectivity index (χ2n) is 21.4. The van der Waals surface area contributed by atoms with Gasteiger partial charge in [-0.3, -0.25) is 9.69 Å². The molecule has 346 valence electrons. The molecule has 6 nitrogen and oxygen atoms in total. The van der Waals surface area contributed by atoms with E-state index in [0.717, 1.165) is 103 Å². The summed E-state index contributed by atoms with van der Waals surface area (Å²) >= 11 is 0. The maximum absolute atomic E-state index is 15.2. The fraction of sp³-hybridized carbons (Fsp3) is 0.250. The van der Waals surface area contributed by atoms with E-state index in [9.17, 15) is 5.11 Å². The number of aliphatic hydroxyl groups is 1. The summed E-state index contributed by atoms with van der Waals surface area (Å²) < 4.78 is 2.60. The zero-order valence-electron chi connectivity index (χ0n) is 40.5. The van der Waals surface area contributed by atoms with Crippen LogP contribution in [-0.2, 0) is 4.79 Å². The Hall–Kier alpha value is -7.44. The lowest BCUT2D eigenvalue weighted by molar-refractivity contribution is -0.109. The predicted octanol–water partition coefficient (Wildman–Crippen LogP) is 14.3. The van der Waals surface area contributed by atoms with Gasteiger partial charge in [0, 0.05) is 53.5 Å². The summed E-state index contributed by atoms with van der Waals surface area (Å²) in [5.74, 6) is 1.93. The first-order chi connectivity index (χ1) is 34.2. The van der Waals surface area contributed by atoms with Gasteiger partial charge in [-0.05, 0) is 132 Å². The molecule has 2 spiro atoms. The molecule has 8 aromatic carbocycles. The van der Waals surface area contributed by atoms with Crippen molar-refractivity contribution in [1.29, 1.82) is 0 Å². The van der Waals surface area contributed by atoms with E-state index in [4.69, 9.17) is 0 Å². The van der Waals surface area contributed by atoms with Crippen LogP contribution in [0.3, 0.4) is 0 Å². The number of ketones is 1. The Labute approximate surface area is 410 Å². The number of anilines is 6. The van der Waals surface area contributed by atoms with Crippen LogP contribution >= 0.6 is 0 Å². The van der Waals surface area contributed by atoms with Crippen molar-refractivity contribution in [3.63, 3.8) is 0 Å². The molecule has 70 heavy (non-hydrogen) atoms. The second-order valence-corrected chi connectivity index (χ2v) is 21.4. The average Bonchev–Trinajstić information content (AvgIpc) is 3.36. The number of benzene rings is 8. The van der Waals surface area contributed by atoms with Crippen LogP contribution in [0.4, 0.5) is 39.8 Å². The highest BCUT2D eigenvalue weighted by Crippen LogP contribution is 2.59. The molecule has 2 saturated carbocycles. The standard InChI is InChI=1S/C64H58N4O2/c1-41-35-42(2)38-63(37-41)65(45-19-9-5-10-20-45)53-29-17-27-49-51(31-33-55(57(49)53)67(63)47-23-13-7-14-24-47)59-61(69)60(62(59)70)52-32-34-56-58-50(52)28-18-30-54(58)66(46-21-11-6-12-22-46)64(39-43(3)36-44(4)40-64)68(56)48-25-15-8-16-26-48/h5-34,41-44H,35-40H2,1-4H3/p+1. The zero-order valence-corrected chi connectivity index (χ0v) is 40.5. The van der Waals surface area contributed by atoms with Crippen molar-refractivity contribution < 1.29 is 9.90 Å². The summed E-state index contributed by atoms with van der Waals surface area (Å²) in [4.78, 5) is 23.0. The van der Waals surface area contributed by atoms with E-state index in [0.29, 0.717) is 34.8 Å². The van der Waals surface area contributed by atoms with Crippen LogP contribution in [0.25, 0.3) is 32.7 Å². The molecule has 0 saturated heterocycles. The number of hydrogen-bond donors (Lipinski definition) is 1. The fourth-order valence-electron chi connectivity index (χ4n) is 14.6. The summed E-state index contributed by atoms with van der Waals surface area (Å²) in [6, 6.07) is 65.1. The Morgan fingerprint density at radius 2 is 0.957 bits per heavy atom. The lowest BCUT2D eigenvalue weighted by Crippen LogP contribution is -2.64. The van der Waals surface area contributed by atoms with E-state index in [-0.39, 0.29) is 22.9 Å². The number of aliphatic hydroxyl groups excluding tert-OH is 1. The highest BCUT2D eigenvalue weighted by Gasteiger charge is 2.56. The van der Waals surface area contributed by atoms with Crippen molar-refractivity contribution in [3.05, 3.63) is 204 Å². The quantitative estimate of drug-likeness (QED) is 0.174. The monoisotopic (exact) mass is 915 g/mol. The molecule has 2 fully saturated rings. The molecule has 3 aliphatic carbocycles. The molecule has 0 bridgehead atoms.